The fourth-order valence-corrected chi connectivity index (χ4v) is 10.9. The molecule has 5 heterocycles. The van der Waals surface area contributed by atoms with Crippen molar-refractivity contribution in [2.45, 2.75) is 16.1 Å². The molecule has 0 N–H and O–H groups in total. The Labute approximate surface area is 300 Å². The first kappa shape index (κ1) is 27.9. The van der Waals surface area contributed by atoms with Gasteiger partial charge in [-0.2, -0.15) is 0 Å². The van der Waals surface area contributed by atoms with Crippen LogP contribution >= 0.6 is 23.1 Å². The summed E-state index contributed by atoms with van der Waals surface area (Å²) in [6, 6.07) is 43.9. The van der Waals surface area contributed by atoms with Gasteiger partial charge in [-0.25, -0.2) is 15.0 Å². The minimum atomic E-state index is 0.281. The van der Waals surface area contributed by atoms with E-state index in [-0.39, 0.29) is 5.25 Å². The Balaban J connectivity index is 1.02. The third-order valence-electron chi connectivity index (χ3n) is 10.9. The van der Waals surface area contributed by atoms with Crippen LogP contribution in [0.1, 0.15) is 17.2 Å². The van der Waals surface area contributed by atoms with Crippen LogP contribution in [0.4, 0.5) is 0 Å². The van der Waals surface area contributed by atoms with E-state index in [1.807, 2.05) is 17.3 Å². The zero-order valence-corrected chi connectivity index (χ0v) is 28.7. The van der Waals surface area contributed by atoms with Gasteiger partial charge in [-0.3, -0.25) is 0 Å². The van der Waals surface area contributed by atoms with E-state index in [0.717, 1.165) is 39.1 Å². The van der Waals surface area contributed by atoms with E-state index < -0.39 is 0 Å². The maximum atomic E-state index is 5.38. The molecule has 0 bridgehead atoms. The predicted molar refractivity (Wildman–Crippen MR) is 214 cm³/mol. The van der Waals surface area contributed by atoms with Gasteiger partial charge in [-0.15, -0.1) is 23.1 Å². The van der Waals surface area contributed by atoms with Crippen molar-refractivity contribution in [3.05, 3.63) is 156 Å². The third kappa shape index (κ3) is 3.89. The molecule has 0 saturated heterocycles. The number of allylic oxidation sites excluding steroid dienone is 3. The summed E-state index contributed by atoms with van der Waals surface area (Å²) in [5, 5.41) is 6.45. The highest BCUT2D eigenvalue weighted by Gasteiger charge is 2.37. The van der Waals surface area contributed by atoms with Gasteiger partial charge in [-0.05, 0) is 64.7 Å². The molecule has 0 spiro atoms. The number of para-hydroxylation sites is 2. The molecule has 0 radical (unpaired) electrons. The van der Waals surface area contributed by atoms with Gasteiger partial charge in [0.05, 0.1) is 43.5 Å². The first-order chi connectivity index (χ1) is 25.3. The Bertz CT molecular complexity index is 3150. The van der Waals surface area contributed by atoms with E-state index in [0.29, 0.717) is 5.92 Å². The summed E-state index contributed by atoms with van der Waals surface area (Å²) < 4.78 is 3.69. The van der Waals surface area contributed by atoms with Crippen molar-refractivity contribution >= 4 is 87.9 Å². The fraction of sp³-hybridized carbons (Fsp3) is 0.0444. The first-order valence-corrected chi connectivity index (χ1v) is 19.0. The van der Waals surface area contributed by atoms with Gasteiger partial charge in [0.2, 0.25) is 0 Å². The summed E-state index contributed by atoms with van der Waals surface area (Å²) in [7, 11) is 0. The Kier molecular flexibility index (Phi) is 5.67. The molecule has 4 aromatic heterocycles. The molecule has 0 saturated carbocycles. The summed E-state index contributed by atoms with van der Waals surface area (Å²) in [4.78, 5) is 16.7. The SMILES string of the molecule is C1=CC2c3ccccc3SC2C(c2nc(-c3cccc(-c4ccc5c(c4)c4c6scnc6cc6c7ccccc7n5c64)c3)nc3ccccc23)=C1. The zero-order valence-electron chi connectivity index (χ0n) is 27.1. The van der Waals surface area contributed by atoms with Crippen LogP contribution in [0.25, 0.3) is 87.3 Å². The molecule has 6 heteroatoms. The molecule has 0 amide bonds. The van der Waals surface area contributed by atoms with Crippen LogP contribution in [0.5, 0.6) is 0 Å². The molecular formula is C45H26N4S2. The van der Waals surface area contributed by atoms with Crippen molar-refractivity contribution in [3.63, 3.8) is 0 Å². The Morgan fingerprint density at radius 1 is 0.627 bits per heavy atom. The van der Waals surface area contributed by atoms with Crippen LogP contribution in [-0.2, 0) is 0 Å². The summed E-state index contributed by atoms with van der Waals surface area (Å²) in [5.74, 6) is 1.08. The first-order valence-electron chi connectivity index (χ1n) is 17.2. The lowest BCUT2D eigenvalue weighted by Crippen LogP contribution is -2.15. The van der Waals surface area contributed by atoms with Crippen LogP contribution in [0.15, 0.2) is 150 Å². The van der Waals surface area contributed by atoms with E-state index >= 15 is 0 Å². The lowest BCUT2D eigenvalue weighted by molar-refractivity contribution is 0.889. The maximum absolute atomic E-state index is 5.38. The van der Waals surface area contributed by atoms with Crippen LogP contribution in [0.2, 0.25) is 0 Å². The van der Waals surface area contributed by atoms with Crippen LogP contribution in [0, 0.1) is 0 Å². The molecule has 6 aromatic carbocycles. The molecule has 238 valence electrons. The van der Waals surface area contributed by atoms with Gasteiger partial charge in [0.25, 0.3) is 0 Å². The predicted octanol–water partition coefficient (Wildman–Crippen LogP) is 11.9. The molecule has 2 atom stereocenters. The molecule has 2 unspecified atom stereocenters. The van der Waals surface area contributed by atoms with Gasteiger partial charge in [-0.1, -0.05) is 97.1 Å². The number of nitrogens with zero attached hydrogens (tertiary/aromatic N) is 4. The van der Waals surface area contributed by atoms with E-state index in [2.05, 4.69) is 144 Å². The highest BCUT2D eigenvalue weighted by Crippen LogP contribution is 2.53. The molecule has 51 heavy (non-hydrogen) atoms. The number of hydrogen-bond acceptors (Lipinski definition) is 5. The number of benzene rings is 6. The van der Waals surface area contributed by atoms with Crippen molar-refractivity contribution in [2.75, 3.05) is 0 Å². The molecule has 2 aliphatic rings. The molecule has 1 aliphatic heterocycles. The average Bonchev–Trinajstić information content (AvgIpc) is 3.97. The topological polar surface area (TPSA) is 43.1 Å². The number of aromatic nitrogens is 4. The van der Waals surface area contributed by atoms with Crippen molar-refractivity contribution in [3.8, 4) is 22.5 Å². The Morgan fingerprint density at radius 2 is 1.45 bits per heavy atom. The minimum absolute atomic E-state index is 0.281. The highest BCUT2D eigenvalue weighted by atomic mass is 32.2. The van der Waals surface area contributed by atoms with Crippen LogP contribution < -0.4 is 0 Å². The number of thioether (sulfide) groups is 1. The smallest absolute Gasteiger partial charge is 0.160 e. The monoisotopic (exact) mass is 686 g/mol. The van der Waals surface area contributed by atoms with E-state index in [9.17, 15) is 0 Å². The lowest BCUT2D eigenvalue weighted by atomic mass is 9.86. The molecule has 4 nitrogen and oxygen atoms in total. The van der Waals surface area contributed by atoms with E-state index in [1.165, 1.54) is 64.4 Å². The zero-order chi connectivity index (χ0) is 33.2. The van der Waals surface area contributed by atoms with E-state index in [4.69, 9.17) is 15.0 Å². The number of fused-ring (bicyclic) bond motifs is 12. The Morgan fingerprint density at radius 3 is 2.43 bits per heavy atom. The normalized spacial score (nSPS) is 17.0. The quantitative estimate of drug-likeness (QED) is 0.186. The molecule has 0 fully saturated rings. The maximum Gasteiger partial charge on any atom is 0.160 e. The summed E-state index contributed by atoms with van der Waals surface area (Å²) in [6.45, 7) is 0. The minimum Gasteiger partial charge on any atom is -0.308 e. The lowest BCUT2D eigenvalue weighted by Gasteiger charge is -2.24. The number of rotatable bonds is 3. The van der Waals surface area contributed by atoms with Gasteiger partial charge >= 0.3 is 0 Å². The molecule has 10 aromatic rings. The standard InChI is InChI=1S/C45H26N4S2/c1-4-16-35-31(13-1)41(32-15-8-14-30-29-12-3-6-18-39(29)51-43(30)32)48-45(47-35)27-10-7-9-25(21-27)26-19-20-38-34(22-26)40-42-33(23-36-44(40)50-24-46-36)28-11-2-5-17-37(28)49(38)42/h1-24,30,43H. The van der Waals surface area contributed by atoms with Crippen molar-refractivity contribution in [2.24, 2.45) is 0 Å². The second kappa shape index (κ2) is 10.4. The van der Waals surface area contributed by atoms with Crippen LogP contribution in [0.3, 0.4) is 0 Å². The number of thiazole rings is 1. The molecule has 12 rings (SSSR count). The second-order valence-corrected chi connectivity index (χ2v) is 15.6. The van der Waals surface area contributed by atoms with Crippen molar-refractivity contribution in [1.82, 2.24) is 19.4 Å². The summed E-state index contributed by atoms with van der Waals surface area (Å²) in [5.41, 5.74) is 14.7. The average molecular weight is 687 g/mol. The van der Waals surface area contributed by atoms with Gasteiger partial charge in [0, 0.05) is 48.6 Å². The largest absolute Gasteiger partial charge is 0.308 e. The van der Waals surface area contributed by atoms with Gasteiger partial charge < -0.3 is 4.40 Å². The molecular weight excluding hydrogens is 661 g/mol. The third-order valence-corrected chi connectivity index (χ3v) is 13.1. The van der Waals surface area contributed by atoms with Crippen molar-refractivity contribution < 1.29 is 0 Å². The van der Waals surface area contributed by atoms with Gasteiger partial charge in [0.15, 0.2) is 5.82 Å². The Hall–Kier alpha value is -5.82. The van der Waals surface area contributed by atoms with Crippen molar-refractivity contribution in [1.29, 1.82) is 0 Å². The number of hydrogen-bond donors (Lipinski definition) is 0. The summed E-state index contributed by atoms with van der Waals surface area (Å²) in [6.07, 6.45) is 6.82. The fourth-order valence-electron chi connectivity index (χ4n) is 8.61. The van der Waals surface area contributed by atoms with Gasteiger partial charge in [0.1, 0.15) is 0 Å². The van der Waals surface area contributed by atoms with E-state index in [1.54, 1.807) is 11.3 Å². The molecule has 1 aliphatic carbocycles. The second-order valence-electron chi connectivity index (χ2n) is 13.5. The summed E-state index contributed by atoms with van der Waals surface area (Å²) >= 11 is 3.68. The highest BCUT2D eigenvalue weighted by molar-refractivity contribution is 8.00. The van der Waals surface area contributed by atoms with Crippen LogP contribution in [-0.4, -0.2) is 24.6 Å².